The molecule has 3 aliphatic rings. The van der Waals surface area contributed by atoms with Gasteiger partial charge in [0.2, 0.25) is 5.36 Å². The Morgan fingerprint density at radius 1 is 0.860 bits per heavy atom. The summed E-state index contributed by atoms with van der Waals surface area (Å²) < 4.78 is 11.4. The van der Waals surface area contributed by atoms with E-state index >= 15 is 0 Å². The molecule has 43 heavy (non-hydrogen) atoms. The smallest absolute Gasteiger partial charge is 0.336 e. The average molecular weight is 568 g/mol. The molecule has 1 aliphatic heterocycles. The first-order chi connectivity index (χ1) is 21.0. The summed E-state index contributed by atoms with van der Waals surface area (Å²) in [5.74, 6) is 0.703. The number of hydrogen-bond donors (Lipinski definition) is 1. The van der Waals surface area contributed by atoms with Crippen LogP contribution in [0.5, 0.6) is 0 Å². The number of nitrogens with zero attached hydrogens (tertiary/aromatic N) is 2. The first-order valence-corrected chi connectivity index (χ1v) is 15.2. The molecule has 4 aromatic rings. The molecule has 0 radical (unpaired) electrons. The fourth-order valence-corrected chi connectivity index (χ4v) is 6.94. The number of para-hydroxylation sites is 1. The third kappa shape index (κ3) is 4.38. The van der Waals surface area contributed by atoms with Gasteiger partial charge in [-0.05, 0) is 86.7 Å². The molecule has 0 unspecified atom stereocenters. The highest BCUT2D eigenvalue weighted by atomic mass is 16.4. The lowest BCUT2D eigenvalue weighted by atomic mass is 9.89. The zero-order valence-electron chi connectivity index (χ0n) is 24.9. The summed E-state index contributed by atoms with van der Waals surface area (Å²) in [5.41, 5.74) is 8.79. The van der Waals surface area contributed by atoms with Gasteiger partial charge >= 0.3 is 5.97 Å². The van der Waals surface area contributed by atoms with Gasteiger partial charge in [0, 0.05) is 51.1 Å². The highest BCUT2D eigenvalue weighted by Gasteiger charge is 2.30. The molecule has 0 fully saturated rings. The average Bonchev–Trinajstić information content (AvgIpc) is 3.58. The predicted molar refractivity (Wildman–Crippen MR) is 175 cm³/mol. The van der Waals surface area contributed by atoms with E-state index in [-0.39, 0.29) is 0 Å². The zero-order valence-corrected chi connectivity index (χ0v) is 24.9. The largest absolute Gasteiger partial charge is 0.478 e. The van der Waals surface area contributed by atoms with Crippen molar-refractivity contribution in [2.45, 2.75) is 40.2 Å². The van der Waals surface area contributed by atoms with Gasteiger partial charge in [-0.15, -0.1) is 0 Å². The van der Waals surface area contributed by atoms with Crippen LogP contribution in [-0.2, 0) is 13.0 Å². The Morgan fingerprint density at radius 3 is 2.42 bits per heavy atom. The minimum Gasteiger partial charge on any atom is -0.478 e. The van der Waals surface area contributed by atoms with Gasteiger partial charge in [0.25, 0.3) is 0 Å². The number of benzene rings is 4. The molecule has 5 heteroatoms. The number of fused-ring (bicyclic) bond motifs is 5. The monoisotopic (exact) mass is 567 g/mol. The van der Waals surface area contributed by atoms with Crippen molar-refractivity contribution in [2.75, 3.05) is 13.1 Å². The van der Waals surface area contributed by atoms with Gasteiger partial charge in [0.05, 0.1) is 11.6 Å². The number of aromatic carboxylic acids is 1. The number of carboxylic acid groups (broad SMARTS) is 1. The van der Waals surface area contributed by atoms with Crippen molar-refractivity contribution < 1.29 is 14.3 Å². The minimum absolute atomic E-state index is 0.306. The topological polar surface area (TPSA) is 58.4 Å². The fourth-order valence-electron chi connectivity index (χ4n) is 6.94. The van der Waals surface area contributed by atoms with Crippen molar-refractivity contribution >= 4 is 39.4 Å². The lowest BCUT2D eigenvalue weighted by Gasteiger charge is -2.18. The third-order valence-corrected chi connectivity index (χ3v) is 8.97. The van der Waals surface area contributed by atoms with Gasteiger partial charge < -0.3 is 14.1 Å². The van der Waals surface area contributed by atoms with Crippen molar-refractivity contribution in [1.29, 1.82) is 0 Å². The zero-order chi connectivity index (χ0) is 29.7. The van der Waals surface area contributed by atoms with Crippen LogP contribution in [0.2, 0.25) is 0 Å². The SMILES string of the molecule is CCn1c2ccccc2c2cc(/C=C3\CCc4c3oc3cc(=[N+](CC)CC)ccc-3c4-c3ccccc3C(=O)O)ccc21. The predicted octanol–water partition coefficient (Wildman–Crippen LogP) is 8.18. The van der Waals surface area contributed by atoms with E-state index in [1.807, 2.05) is 12.1 Å². The molecule has 1 aromatic heterocycles. The molecular formula is C38H35N2O3+. The molecule has 2 heterocycles. The molecule has 3 aromatic carbocycles. The maximum Gasteiger partial charge on any atom is 0.336 e. The molecule has 214 valence electrons. The van der Waals surface area contributed by atoms with Crippen molar-refractivity contribution in [3.8, 4) is 22.5 Å². The number of aryl methyl sites for hydroxylation is 1. The molecule has 0 saturated carbocycles. The van der Waals surface area contributed by atoms with Crippen LogP contribution in [0.15, 0.2) is 89.3 Å². The summed E-state index contributed by atoms with van der Waals surface area (Å²) in [5, 5.41) is 13.7. The molecule has 0 spiro atoms. The Labute approximate surface area is 251 Å². The molecular weight excluding hydrogens is 532 g/mol. The lowest BCUT2D eigenvalue weighted by molar-refractivity contribution is 0.0697. The van der Waals surface area contributed by atoms with Gasteiger partial charge in [0.15, 0.2) is 0 Å². The second-order valence-corrected chi connectivity index (χ2v) is 11.2. The van der Waals surface area contributed by atoms with Crippen LogP contribution in [0.3, 0.4) is 0 Å². The summed E-state index contributed by atoms with van der Waals surface area (Å²) in [6.07, 6.45) is 3.87. The van der Waals surface area contributed by atoms with Gasteiger partial charge in [-0.2, -0.15) is 0 Å². The van der Waals surface area contributed by atoms with Gasteiger partial charge in [-0.25, -0.2) is 9.37 Å². The first-order valence-electron chi connectivity index (χ1n) is 15.2. The molecule has 0 bridgehead atoms. The number of hydrogen-bond acceptors (Lipinski definition) is 2. The van der Waals surface area contributed by atoms with Crippen LogP contribution < -0.4 is 9.93 Å². The van der Waals surface area contributed by atoms with Crippen LogP contribution in [0.4, 0.5) is 0 Å². The fraction of sp³-hybridized carbons (Fsp3) is 0.211. The second kappa shape index (κ2) is 10.7. The second-order valence-electron chi connectivity index (χ2n) is 11.2. The van der Waals surface area contributed by atoms with Gasteiger partial charge in [-0.1, -0.05) is 42.5 Å². The molecule has 2 aliphatic carbocycles. The maximum atomic E-state index is 12.3. The molecule has 5 nitrogen and oxygen atoms in total. The summed E-state index contributed by atoms with van der Waals surface area (Å²) in [4.78, 5) is 12.3. The van der Waals surface area contributed by atoms with Crippen LogP contribution in [-0.4, -0.2) is 28.7 Å². The molecule has 0 atom stereocenters. The molecule has 0 amide bonds. The standard InChI is InChI=1S/C38H34N2O3/c1-4-39(5-2)26-17-19-30-35(23-26)43-37-25(16-18-31(37)36(30)28-12-7-8-13-29(28)38(41)42)21-24-15-20-34-32(22-24)27-11-9-10-14-33(27)40(34)6-3/h7-15,17,19-23H,4-6,16,18H2,1-3H3/p+1. The summed E-state index contributed by atoms with van der Waals surface area (Å²) in [6.45, 7) is 9.19. The van der Waals surface area contributed by atoms with Crippen LogP contribution in [0.25, 0.3) is 55.9 Å². The van der Waals surface area contributed by atoms with Crippen molar-refractivity contribution in [1.82, 2.24) is 9.14 Å². The molecule has 7 rings (SSSR count). The molecule has 1 N–H and O–H groups in total. The van der Waals surface area contributed by atoms with Crippen molar-refractivity contribution in [3.05, 3.63) is 113 Å². The highest BCUT2D eigenvalue weighted by Crippen LogP contribution is 2.46. The normalized spacial score (nSPS) is 13.8. The number of aromatic nitrogens is 1. The summed E-state index contributed by atoms with van der Waals surface area (Å²) in [6, 6.07) is 29.0. The number of allylic oxidation sites excluding steroid dienone is 1. The molecule has 0 saturated heterocycles. The van der Waals surface area contributed by atoms with Gasteiger partial charge in [0.1, 0.15) is 24.6 Å². The van der Waals surface area contributed by atoms with Crippen molar-refractivity contribution in [3.63, 3.8) is 0 Å². The number of rotatable bonds is 6. The van der Waals surface area contributed by atoms with E-state index in [0.29, 0.717) is 5.56 Å². The quantitative estimate of drug-likeness (QED) is 0.207. The Hall–Kier alpha value is -4.90. The van der Waals surface area contributed by atoms with E-state index in [0.717, 1.165) is 82.7 Å². The van der Waals surface area contributed by atoms with Crippen LogP contribution >= 0.6 is 0 Å². The maximum absolute atomic E-state index is 12.3. The number of carboxylic acids is 1. The van der Waals surface area contributed by atoms with Gasteiger partial charge in [-0.3, -0.25) is 0 Å². The minimum atomic E-state index is -0.925. The van der Waals surface area contributed by atoms with E-state index in [1.54, 1.807) is 12.1 Å². The summed E-state index contributed by atoms with van der Waals surface area (Å²) >= 11 is 0. The van der Waals surface area contributed by atoms with E-state index in [1.165, 1.54) is 21.8 Å². The number of carbonyl (C=O) groups is 1. The Bertz CT molecular complexity index is 2120. The Morgan fingerprint density at radius 2 is 1.63 bits per heavy atom. The third-order valence-electron chi connectivity index (χ3n) is 8.97. The van der Waals surface area contributed by atoms with E-state index in [4.69, 9.17) is 4.42 Å². The van der Waals surface area contributed by atoms with E-state index in [9.17, 15) is 9.90 Å². The van der Waals surface area contributed by atoms with E-state index in [2.05, 4.69) is 96.7 Å². The van der Waals surface area contributed by atoms with Crippen LogP contribution in [0, 0.1) is 0 Å². The Kier molecular flexibility index (Phi) is 6.73. The van der Waals surface area contributed by atoms with E-state index < -0.39 is 5.97 Å². The highest BCUT2D eigenvalue weighted by molar-refractivity contribution is 6.09. The summed E-state index contributed by atoms with van der Waals surface area (Å²) in [7, 11) is 0. The first kappa shape index (κ1) is 27.0. The lowest BCUT2D eigenvalue weighted by Crippen LogP contribution is -2.29. The van der Waals surface area contributed by atoms with Crippen LogP contribution in [0.1, 0.15) is 54.4 Å². The Balaban J connectivity index is 1.47. The van der Waals surface area contributed by atoms with Crippen molar-refractivity contribution in [2.24, 2.45) is 0 Å².